The Bertz CT molecular complexity index is 697. The maximum Gasteiger partial charge on any atom is 0.514 e. The van der Waals surface area contributed by atoms with Gasteiger partial charge in [-0.3, -0.25) is 4.79 Å². The van der Waals surface area contributed by atoms with Crippen molar-refractivity contribution in [2.75, 3.05) is 0 Å². The minimum Gasteiger partial charge on any atom is -0.428 e. The van der Waals surface area contributed by atoms with Crippen LogP contribution in [0.15, 0.2) is 35.1 Å². The SMILES string of the molecule is CC(C)(C)OC(=O)Oc1ccc(C2=CC3CC3C2)ccc1=O. The van der Waals surface area contributed by atoms with Crippen LogP contribution in [0.4, 0.5) is 4.79 Å². The normalized spacial score (nSPS) is 22.6. The summed E-state index contributed by atoms with van der Waals surface area (Å²) in [6, 6.07) is 6.62. The van der Waals surface area contributed by atoms with Gasteiger partial charge in [0.1, 0.15) is 5.60 Å². The first-order valence-electron chi connectivity index (χ1n) is 7.58. The number of hydrogen-bond donors (Lipinski definition) is 0. The van der Waals surface area contributed by atoms with E-state index in [9.17, 15) is 9.59 Å². The molecule has 3 rings (SSSR count). The van der Waals surface area contributed by atoms with E-state index < -0.39 is 11.8 Å². The Morgan fingerprint density at radius 2 is 1.91 bits per heavy atom. The fourth-order valence-corrected chi connectivity index (χ4v) is 2.74. The molecule has 0 N–H and O–H groups in total. The van der Waals surface area contributed by atoms with Gasteiger partial charge < -0.3 is 9.47 Å². The van der Waals surface area contributed by atoms with Crippen LogP contribution in [0.3, 0.4) is 0 Å². The molecule has 0 saturated heterocycles. The number of hydrogen-bond acceptors (Lipinski definition) is 4. The summed E-state index contributed by atoms with van der Waals surface area (Å²) in [6.07, 6.45) is 3.80. The minimum absolute atomic E-state index is 0.00995. The summed E-state index contributed by atoms with van der Waals surface area (Å²) in [7, 11) is 0. The molecule has 0 aromatic heterocycles. The lowest BCUT2D eigenvalue weighted by molar-refractivity contribution is 0.0204. The first-order valence-corrected chi connectivity index (χ1v) is 7.58. The van der Waals surface area contributed by atoms with Crippen molar-refractivity contribution >= 4 is 11.7 Å². The van der Waals surface area contributed by atoms with E-state index >= 15 is 0 Å². The third-order valence-electron chi connectivity index (χ3n) is 3.90. The van der Waals surface area contributed by atoms with Crippen molar-refractivity contribution in [3.63, 3.8) is 0 Å². The smallest absolute Gasteiger partial charge is 0.428 e. The highest BCUT2D eigenvalue weighted by Gasteiger charge is 2.40. The average molecular weight is 300 g/mol. The predicted molar refractivity (Wildman–Crippen MR) is 83.8 cm³/mol. The van der Waals surface area contributed by atoms with Crippen LogP contribution in [-0.4, -0.2) is 11.8 Å². The summed E-state index contributed by atoms with van der Waals surface area (Å²) < 4.78 is 10.1. The van der Waals surface area contributed by atoms with Gasteiger partial charge in [-0.25, -0.2) is 4.79 Å². The Kier molecular flexibility index (Phi) is 3.55. The fourth-order valence-electron chi connectivity index (χ4n) is 2.74. The molecule has 116 valence electrons. The molecule has 1 aromatic rings. The van der Waals surface area contributed by atoms with Crippen LogP contribution in [-0.2, 0) is 4.74 Å². The highest BCUT2D eigenvalue weighted by Crippen LogP contribution is 2.52. The maximum atomic E-state index is 12.0. The van der Waals surface area contributed by atoms with E-state index in [2.05, 4.69) is 6.08 Å². The first-order chi connectivity index (χ1) is 10.3. The van der Waals surface area contributed by atoms with E-state index in [1.807, 2.05) is 6.07 Å². The van der Waals surface area contributed by atoms with Gasteiger partial charge in [-0.05, 0) is 68.7 Å². The monoisotopic (exact) mass is 300 g/mol. The summed E-state index contributed by atoms with van der Waals surface area (Å²) in [4.78, 5) is 23.7. The van der Waals surface area contributed by atoms with Crippen molar-refractivity contribution in [1.82, 2.24) is 0 Å². The fraction of sp³-hybridized carbons (Fsp3) is 0.444. The molecule has 2 atom stereocenters. The van der Waals surface area contributed by atoms with Crippen LogP contribution in [0.25, 0.3) is 5.57 Å². The van der Waals surface area contributed by atoms with E-state index in [-0.39, 0.29) is 11.2 Å². The molecule has 1 fully saturated rings. The van der Waals surface area contributed by atoms with Gasteiger partial charge in [0.05, 0.1) is 0 Å². The molecule has 2 unspecified atom stereocenters. The van der Waals surface area contributed by atoms with Gasteiger partial charge >= 0.3 is 6.16 Å². The van der Waals surface area contributed by atoms with Gasteiger partial charge in [-0.1, -0.05) is 18.2 Å². The molecule has 0 radical (unpaired) electrons. The number of fused-ring (bicyclic) bond motifs is 1. The van der Waals surface area contributed by atoms with Crippen molar-refractivity contribution < 1.29 is 14.3 Å². The average Bonchev–Trinajstić information content (AvgIpc) is 3.05. The molecule has 0 amide bonds. The molecule has 22 heavy (non-hydrogen) atoms. The molecule has 4 nitrogen and oxygen atoms in total. The van der Waals surface area contributed by atoms with Gasteiger partial charge in [0, 0.05) is 0 Å². The number of allylic oxidation sites excluding steroid dienone is 2. The summed E-state index contributed by atoms with van der Waals surface area (Å²) >= 11 is 0. The third kappa shape index (κ3) is 3.38. The topological polar surface area (TPSA) is 52.6 Å². The summed E-state index contributed by atoms with van der Waals surface area (Å²) in [6.45, 7) is 5.23. The van der Waals surface area contributed by atoms with Crippen LogP contribution in [0.5, 0.6) is 5.75 Å². The molecule has 0 aliphatic heterocycles. The molecule has 2 aliphatic carbocycles. The molecule has 2 aliphatic rings. The summed E-state index contributed by atoms with van der Waals surface area (Å²) in [5, 5.41) is 0. The molecular weight excluding hydrogens is 280 g/mol. The Hall–Kier alpha value is -2.10. The van der Waals surface area contributed by atoms with Gasteiger partial charge in [0.2, 0.25) is 5.43 Å². The van der Waals surface area contributed by atoms with E-state index in [0.29, 0.717) is 0 Å². The Morgan fingerprint density at radius 3 is 2.55 bits per heavy atom. The lowest BCUT2D eigenvalue weighted by Gasteiger charge is -2.18. The van der Waals surface area contributed by atoms with E-state index in [0.717, 1.165) is 23.8 Å². The molecule has 4 heteroatoms. The molecule has 0 spiro atoms. The van der Waals surface area contributed by atoms with Crippen molar-refractivity contribution in [1.29, 1.82) is 0 Å². The Morgan fingerprint density at radius 1 is 1.18 bits per heavy atom. The lowest BCUT2D eigenvalue weighted by atomic mass is 10.1. The lowest BCUT2D eigenvalue weighted by Crippen LogP contribution is -2.26. The van der Waals surface area contributed by atoms with Crippen molar-refractivity contribution in [2.45, 2.75) is 39.2 Å². The predicted octanol–water partition coefficient (Wildman–Crippen LogP) is 3.78. The number of rotatable bonds is 2. The Balaban J connectivity index is 1.78. The largest absolute Gasteiger partial charge is 0.514 e. The highest BCUT2D eigenvalue weighted by atomic mass is 16.7. The number of carbonyl (C=O) groups excluding carboxylic acids is 1. The second kappa shape index (κ2) is 5.27. The number of ether oxygens (including phenoxy) is 2. The zero-order chi connectivity index (χ0) is 15.9. The molecule has 0 heterocycles. The van der Waals surface area contributed by atoms with Crippen LogP contribution in [0.1, 0.15) is 39.2 Å². The molecular formula is C18H20O4. The van der Waals surface area contributed by atoms with E-state index in [4.69, 9.17) is 9.47 Å². The van der Waals surface area contributed by atoms with Gasteiger partial charge in [-0.2, -0.15) is 0 Å². The van der Waals surface area contributed by atoms with E-state index in [1.54, 1.807) is 32.9 Å². The van der Waals surface area contributed by atoms with Gasteiger partial charge in [0.15, 0.2) is 5.75 Å². The van der Waals surface area contributed by atoms with Crippen LogP contribution in [0.2, 0.25) is 0 Å². The van der Waals surface area contributed by atoms with Gasteiger partial charge in [0.25, 0.3) is 0 Å². The van der Waals surface area contributed by atoms with Crippen molar-refractivity contribution in [3.8, 4) is 5.75 Å². The molecule has 1 aromatic carbocycles. The highest BCUT2D eigenvalue weighted by molar-refractivity contribution is 5.70. The van der Waals surface area contributed by atoms with Crippen LogP contribution >= 0.6 is 0 Å². The third-order valence-corrected chi connectivity index (χ3v) is 3.90. The van der Waals surface area contributed by atoms with Crippen LogP contribution in [0, 0.1) is 11.8 Å². The standard InChI is InChI=1S/C18H20O4/c1-18(2,3)22-17(20)21-16-7-5-11(4-6-15(16)19)12-8-13-10-14(13)9-12/h4-8,13-14H,9-10H2,1-3H3. The molecule has 0 bridgehead atoms. The van der Waals surface area contributed by atoms with Crippen molar-refractivity contribution in [3.05, 3.63) is 46.1 Å². The first kappa shape index (κ1) is 14.8. The second-order valence-electron chi connectivity index (χ2n) is 6.97. The van der Waals surface area contributed by atoms with Crippen molar-refractivity contribution in [2.24, 2.45) is 11.8 Å². The Labute approximate surface area is 129 Å². The maximum absolute atomic E-state index is 12.0. The minimum atomic E-state index is -0.862. The van der Waals surface area contributed by atoms with E-state index in [1.165, 1.54) is 18.1 Å². The molecule has 1 saturated carbocycles. The zero-order valence-corrected chi connectivity index (χ0v) is 13.1. The van der Waals surface area contributed by atoms with Gasteiger partial charge in [-0.15, -0.1) is 0 Å². The zero-order valence-electron chi connectivity index (χ0n) is 13.1. The second-order valence-corrected chi connectivity index (χ2v) is 6.97. The quantitative estimate of drug-likeness (QED) is 0.780. The summed E-state index contributed by atoms with van der Waals surface area (Å²) in [5.41, 5.74) is 1.31. The van der Waals surface area contributed by atoms with Crippen LogP contribution < -0.4 is 10.2 Å². The number of carbonyl (C=O) groups is 1. The summed E-state index contributed by atoms with van der Waals surface area (Å²) in [5.74, 6) is 1.51.